The monoisotopic (exact) mass is 424 g/mol. The molecule has 1 fully saturated rings. The molecule has 0 unspecified atom stereocenters. The maximum atomic E-state index is 12.9. The summed E-state index contributed by atoms with van der Waals surface area (Å²) >= 11 is 1.57. The quantitative estimate of drug-likeness (QED) is 0.617. The van der Waals surface area contributed by atoms with Crippen LogP contribution in [0.5, 0.6) is 0 Å². The molecule has 0 bridgehead atoms. The van der Waals surface area contributed by atoms with Crippen LogP contribution in [0.4, 0.5) is 10.8 Å². The van der Waals surface area contributed by atoms with Crippen LogP contribution >= 0.6 is 11.3 Å². The molecule has 4 rings (SSSR count). The highest BCUT2D eigenvalue weighted by atomic mass is 32.1. The molecule has 3 aromatic rings. The van der Waals surface area contributed by atoms with E-state index in [1.807, 2.05) is 37.1 Å². The van der Waals surface area contributed by atoms with Crippen LogP contribution in [0.25, 0.3) is 0 Å². The average Bonchev–Trinajstić information content (AvgIpc) is 3.35. The number of aryl methyl sites for hydroxylation is 3. The van der Waals surface area contributed by atoms with Crippen molar-refractivity contribution < 1.29 is 4.79 Å². The fourth-order valence-corrected chi connectivity index (χ4v) is 4.71. The molecule has 0 radical (unpaired) electrons. The molecule has 158 valence electrons. The molecular formula is C22H28N6OS. The van der Waals surface area contributed by atoms with Gasteiger partial charge in [0.25, 0.3) is 0 Å². The van der Waals surface area contributed by atoms with E-state index in [0.29, 0.717) is 6.42 Å². The number of carbonyl (C=O) groups is 1. The number of anilines is 2. The highest BCUT2D eigenvalue weighted by Gasteiger charge is 2.26. The Bertz CT molecular complexity index is 993. The summed E-state index contributed by atoms with van der Waals surface area (Å²) in [6.45, 7) is 7.57. The molecule has 2 N–H and O–H groups in total. The Morgan fingerprint density at radius 1 is 1.33 bits per heavy atom. The number of likely N-dealkylation sites (tertiary alicyclic amines) is 1. The molecule has 0 spiro atoms. The van der Waals surface area contributed by atoms with Gasteiger partial charge in [0.2, 0.25) is 5.91 Å². The maximum absolute atomic E-state index is 12.9. The van der Waals surface area contributed by atoms with Crippen LogP contribution in [-0.2, 0) is 11.2 Å². The van der Waals surface area contributed by atoms with E-state index in [1.54, 1.807) is 17.5 Å². The minimum Gasteiger partial charge on any atom is -0.342 e. The molecule has 0 saturated carbocycles. The number of nitrogens with one attached hydrogen (secondary N) is 2. The van der Waals surface area contributed by atoms with E-state index in [0.717, 1.165) is 71.5 Å². The summed E-state index contributed by atoms with van der Waals surface area (Å²) in [4.78, 5) is 24.0. The third-order valence-electron chi connectivity index (χ3n) is 5.72. The Labute approximate surface area is 181 Å². The number of aromatic nitrogens is 4. The van der Waals surface area contributed by atoms with Crippen LogP contribution in [-0.4, -0.2) is 44.1 Å². The second kappa shape index (κ2) is 8.95. The smallest absolute Gasteiger partial charge is 0.222 e. The number of pyridine rings is 1. The first-order valence-corrected chi connectivity index (χ1v) is 11.3. The van der Waals surface area contributed by atoms with Gasteiger partial charge in [0.1, 0.15) is 0 Å². The first-order chi connectivity index (χ1) is 14.5. The van der Waals surface area contributed by atoms with Crippen molar-refractivity contribution in [3.63, 3.8) is 0 Å². The number of H-pyrrole nitrogens is 1. The SMILES string of the molecule is Cc1cc(Nc2nccs2)cc([C@@H]2CCCN(C(=O)CCc3c(C)n[nH]c3C)C2)n1. The minimum absolute atomic E-state index is 0.216. The van der Waals surface area contributed by atoms with Crippen molar-refractivity contribution >= 4 is 28.1 Å². The van der Waals surface area contributed by atoms with Gasteiger partial charge >= 0.3 is 0 Å². The molecule has 4 heterocycles. The predicted octanol–water partition coefficient (Wildman–Crippen LogP) is 4.27. The molecule has 1 saturated heterocycles. The Morgan fingerprint density at radius 3 is 2.93 bits per heavy atom. The van der Waals surface area contributed by atoms with Gasteiger partial charge in [-0.05, 0) is 57.7 Å². The number of rotatable bonds is 6. The van der Waals surface area contributed by atoms with E-state index < -0.39 is 0 Å². The number of hydrogen-bond acceptors (Lipinski definition) is 6. The summed E-state index contributed by atoms with van der Waals surface area (Å²) in [7, 11) is 0. The summed E-state index contributed by atoms with van der Waals surface area (Å²) in [5.41, 5.74) is 6.23. The molecule has 1 amide bonds. The van der Waals surface area contributed by atoms with Crippen molar-refractivity contribution in [2.24, 2.45) is 0 Å². The van der Waals surface area contributed by atoms with Gasteiger partial charge in [-0.25, -0.2) is 4.98 Å². The molecule has 1 aliphatic rings. The third-order valence-corrected chi connectivity index (χ3v) is 6.41. The van der Waals surface area contributed by atoms with Crippen LogP contribution in [0, 0.1) is 20.8 Å². The molecule has 1 aliphatic heterocycles. The molecular weight excluding hydrogens is 396 g/mol. The van der Waals surface area contributed by atoms with E-state index in [2.05, 4.69) is 26.6 Å². The Balaban J connectivity index is 1.42. The Hall–Kier alpha value is -2.74. The van der Waals surface area contributed by atoms with Crippen molar-refractivity contribution in [1.29, 1.82) is 0 Å². The molecule has 8 heteroatoms. The normalized spacial score (nSPS) is 16.6. The molecule has 0 aliphatic carbocycles. The fraction of sp³-hybridized carbons (Fsp3) is 0.455. The largest absolute Gasteiger partial charge is 0.342 e. The summed E-state index contributed by atoms with van der Waals surface area (Å²) in [5, 5.41) is 13.4. The lowest BCUT2D eigenvalue weighted by molar-refractivity contribution is -0.132. The van der Waals surface area contributed by atoms with Crippen molar-refractivity contribution in [3.05, 3.63) is 52.0 Å². The number of thiazole rings is 1. The van der Waals surface area contributed by atoms with Crippen molar-refractivity contribution in [2.45, 2.75) is 52.4 Å². The number of carbonyl (C=O) groups excluding carboxylic acids is 1. The van der Waals surface area contributed by atoms with Crippen molar-refractivity contribution in [1.82, 2.24) is 25.1 Å². The standard InChI is InChI=1S/C22H28N6OS/c1-14-11-18(25-22-23-8-10-30-22)12-20(24-14)17-5-4-9-28(13-17)21(29)7-6-19-15(2)26-27-16(19)3/h8,10-12,17H,4-7,9,13H2,1-3H3,(H,26,27)(H,23,24,25)/t17-/m1/s1. The molecule has 7 nitrogen and oxygen atoms in total. The van der Waals surface area contributed by atoms with Crippen molar-refractivity contribution in [3.8, 4) is 0 Å². The van der Waals surface area contributed by atoms with E-state index >= 15 is 0 Å². The molecule has 1 atom stereocenters. The number of nitrogens with zero attached hydrogens (tertiary/aromatic N) is 4. The fourth-order valence-electron chi connectivity index (χ4n) is 4.16. The summed E-state index contributed by atoms with van der Waals surface area (Å²) in [5.74, 6) is 0.477. The zero-order valence-corrected chi connectivity index (χ0v) is 18.6. The summed E-state index contributed by atoms with van der Waals surface area (Å²) < 4.78 is 0. The van der Waals surface area contributed by atoms with Gasteiger partial charge in [0.05, 0.1) is 5.69 Å². The van der Waals surface area contributed by atoms with Gasteiger partial charge in [-0.1, -0.05) is 0 Å². The third kappa shape index (κ3) is 4.70. The predicted molar refractivity (Wildman–Crippen MR) is 119 cm³/mol. The van der Waals surface area contributed by atoms with E-state index in [9.17, 15) is 4.79 Å². The first-order valence-electron chi connectivity index (χ1n) is 10.4. The van der Waals surface area contributed by atoms with Gasteiger partial charge in [-0.3, -0.25) is 14.9 Å². The van der Waals surface area contributed by atoms with Gasteiger partial charge in [-0.2, -0.15) is 5.10 Å². The van der Waals surface area contributed by atoms with Gasteiger partial charge < -0.3 is 10.2 Å². The first kappa shape index (κ1) is 20.5. The highest BCUT2D eigenvalue weighted by molar-refractivity contribution is 7.13. The van der Waals surface area contributed by atoms with Crippen LogP contribution in [0.3, 0.4) is 0 Å². The summed E-state index contributed by atoms with van der Waals surface area (Å²) in [6.07, 6.45) is 5.10. The number of aromatic amines is 1. The number of amides is 1. The van der Waals surface area contributed by atoms with Crippen LogP contribution in [0.2, 0.25) is 0 Å². The lowest BCUT2D eigenvalue weighted by Gasteiger charge is -2.33. The van der Waals surface area contributed by atoms with Crippen molar-refractivity contribution in [2.75, 3.05) is 18.4 Å². The lowest BCUT2D eigenvalue weighted by atomic mass is 9.93. The zero-order chi connectivity index (χ0) is 21.1. The molecule has 30 heavy (non-hydrogen) atoms. The topological polar surface area (TPSA) is 86.8 Å². The molecule has 3 aromatic heterocycles. The summed E-state index contributed by atoms with van der Waals surface area (Å²) in [6, 6.07) is 4.14. The molecule has 0 aromatic carbocycles. The highest BCUT2D eigenvalue weighted by Crippen LogP contribution is 2.29. The Kier molecular flexibility index (Phi) is 6.13. The maximum Gasteiger partial charge on any atom is 0.222 e. The zero-order valence-electron chi connectivity index (χ0n) is 17.7. The number of hydrogen-bond donors (Lipinski definition) is 2. The van der Waals surface area contributed by atoms with Crippen LogP contribution in [0.1, 0.15) is 53.5 Å². The second-order valence-electron chi connectivity index (χ2n) is 7.98. The van der Waals surface area contributed by atoms with E-state index in [-0.39, 0.29) is 11.8 Å². The Morgan fingerprint density at radius 2 is 2.20 bits per heavy atom. The van der Waals surface area contributed by atoms with Gasteiger partial charge in [-0.15, -0.1) is 11.3 Å². The lowest BCUT2D eigenvalue weighted by Crippen LogP contribution is -2.39. The van der Waals surface area contributed by atoms with Gasteiger partial charge in [0.15, 0.2) is 5.13 Å². The average molecular weight is 425 g/mol. The van der Waals surface area contributed by atoms with Crippen LogP contribution in [0.15, 0.2) is 23.7 Å². The van der Waals surface area contributed by atoms with E-state index in [4.69, 9.17) is 4.98 Å². The van der Waals surface area contributed by atoms with Gasteiger partial charge in [0, 0.05) is 59.8 Å². The second-order valence-corrected chi connectivity index (χ2v) is 8.87. The van der Waals surface area contributed by atoms with E-state index in [1.165, 1.54) is 0 Å². The van der Waals surface area contributed by atoms with Crippen LogP contribution < -0.4 is 5.32 Å². The number of piperidine rings is 1. The minimum atomic E-state index is 0.216.